The Labute approximate surface area is 103 Å². The van der Waals surface area contributed by atoms with E-state index < -0.39 is 0 Å². The quantitative estimate of drug-likeness (QED) is 0.703. The number of nitrogens with zero attached hydrogens (tertiary/aromatic N) is 1. The third-order valence-electron chi connectivity index (χ3n) is 4.05. The maximum Gasteiger partial charge on any atom is 0.227 e. The topological polar surface area (TPSA) is 67.6 Å². The van der Waals surface area contributed by atoms with Crippen LogP contribution in [0.5, 0.6) is 0 Å². The van der Waals surface area contributed by atoms with Crippen molar-refractivity contribution >= 4 is 5.91 Å². The molecule has 0 radical (unpaired) electrons. The molecule has 5 nitrogen and oxygen atoms in total. The van der Waals surface area contributed by atoms with Gasteiger partial charge in [0.25, 0.3) is 0 Å². The van der Waals surface area contributed by atoms with Crippen molar-refractivity contribution in [3.05, 3.63) is 0 Å². The van der Waals surface area contributed by atoms with Gasteiger partial charge in [0.2, 0.25) is 5.91 Å². The van der Waals surface area contributed by atoms with E-state index in [4.69, 9.17) is 10.5 Å². The lowest BCUT2D eigenvalue weighted by Crippen LogP contribution is -2.52. The Kier molecular flexibility index (Phi) is 4.01. The van der Waals surface area contributed by atoms with E-state index >= 15 is 0 Å². The van der Waals surface area contributed by atoms with Crippen LogP contribution in [-0.2, 0) is 9.53 Å². The fourth-order valence-corrected chi connectivity index (χ4v) is 2.68. The molecule has 0 aromatic carbocycles. The standard InChI is InChI=1S/C12H23N3O2/c1-15-5-2-10(8-15)14-11(16)12(9-13)3-6-17-7-4-12/h10H,2-9,13H2,1H3,(H,14,16). The van der Waals surface area contributed by atoms with Gasteiger partial charge in [0, 0.05) is 32.3 Å². The number of carbonyl (C=O) groups is 1. The van der Waals surface area contributed by atoms with Crippen LogP contribution in [0.25, 0.3) is 0 Å². The summed E-state index contributed by atoms with van der Waals surface area (Å²) in [5.74, 6) is 0.128. The average Bonchev–Trinajstić information content (AvgIpc) is 2.75. The number of hydrogen-bond donors (Lipinski definition) is 2. The number of hydrogen-bond acceptors (Lipinski definition) is 4. The summed E-state index contributed by atoms with van der Waals surface area (Å²) in [6.45, 7) is 3.72. The molecule has 5 heteroatoms. The zero-order chi connectivity index (χ0) is 12.3. The number of rotatable bonds is 3. The molecule has 0 aromatic rings. The van der Waals surface area contributed by atoms with Gasteiger partial charge in [-0.3, -0.25) is 4.79 Å². The summed E-state index contributed by atoms with van der Waals surface area (Å²) in [6, 6.07) is 0.291. The van der Waals surface area contributed by atoms with Gasteiger partial charge in [-0.2, -0.15) is 0 Å². The number of nitrogens with two attached hydrogens (primary N) is 1. The van der Waals surface area contributed by atoms with Gasteiger partial charge in [-0.25, -0.2) is 0 Å². The summed E-state index contributed by atoms with van der Waals surface area (Å²) in [4.78, 5) is 14.6. The Morgan fingerprint density at radius 2 is 2.24 bits per heavy atom. The summed E-state index contributed by atoms with van der Waals surface area (Å²) in [7, 11) is 2.08. The zero-order valence-corrected chi connectivity index (χ0v) is 10.6. The Bertz CT molecular complexity index is 277. The van der Waals surface area contributed by atoms with Crippen LogP contribution in [0.1, 0.15) is 19.3 Å². The molecule has 1 amide bonds. The van der Waals surface area contributed by atoms with Crippen molar-refractivity contribution in [3.8, 4) is 0 Å². The van der Waals surface area contributed by atoms with Crippen molar-refractivity contribution in [3.63, 3.8) is 0 Å². The molecule has 1 atom stereocenters. The molecular weight excluding hydrogens is 218 g/mol. The largest absolute Gasteiger partial charge is 0.381 e. The van der Waals surface area contributed by atoms with Gasteiger partial charge in [0.05, 0.1) is 5.41 Å². The first-order chi connectivity index (χ1) is 8.16. The number of carbonyl (C=O) groups excluding carboxylic acids is 1. The van der Waals surface area contributed by atoms with Crippen LogP contribution in [0, 0.1) is 5.41 Å². The van der Waals surface area contributed by atoms with Crippen molar-refractivity contribution in [2.45, 2.75) is 25.3 Å². The fraction of sp³-hybridized carbons (Fsp3) is 0.917. The maximum atomic E-state index is 12.3. The highest BCUT2D eigenvalue weighted by molar-refractivity contribution is 5.83. The number of likely N-dealkylation sites (N-methyl/N-ethyl adjacent to an activating group) is 1. The lowest BCUT2D eigenvalue weighted by atomic mass is 9.79. The van der Waals surface area contributed by atoms with Crippen LogP contribution < -0.4 is 11.1 Å². The first kappa shape index (κ1) is 12.8. The molecule has 17 heavy (non-hydrogen) atoms. The third kappa shape index (κ3) is 2.78. The molecule has 2 heterocycles. The predicted molar refractivity (Wildman–Crippen MR) is 65.6 cm³/mol. The second kappa shape index (κ2) is 5.33. The molecule has 3 N–H and O–H groups in total. The lowest BCUT2D eigenvalue weighted by molar-refractivity contribution is -0.136. The Balaban J connectivity index is 1.92. The Hall–Kier alpha value is -0.650. The molecule has 0 aromatic heterocycles. The molecular formula is C12H23N3O2. The van der Waals surface area contributed by atoms with Crippen LogP contribution in [0.3, 0.4) is 0 Å². The Morgan fingerprint density at radius 1 is 1.53 bits per heavy atom. The van der Waals surface area contributed by atoms with Gasteiger partial charge >= 0.3 is 0 Å². The van der Waals surface area contributed by atoms with Crippen molar-refractivity contribution < 1.29 is 9.53 Å². The summed E-state index contributed by atoms with van der Waals surface area (Å²) >= 11 is 0. The second-order valence-electron chi connectivity index (χ2n) is 5.32. The van der Waals surface area contributed by atoms with E-state index in [9.17, 15) is 4.79 Å². The molecule has 0 saturated carbocycles. The smallest absolute Gasteiger partial charge is 0.227 e. The highest BCUT2D eigenvalue weighted by Gasteiger charge is 2.39. The number of amides is 1. The monoisotopic (exact) mass is 241 g/mol. The minimum atomic E-state index is -0.389. The van der Waals surface area contributed by atoms with Crippen LogP contribution >= 0.6 is 0 Å². The first-order valence-electron chi connectivity index (χ1n) is 6.44. The highest BCUT2D eigenvalue weighted by atomic mass is 16.5. The summed E-state index contributed by atoms with van der Waals surface area (Å²) in [6.07, 6.45) is 2.54. The van der Waals surface area contributed by atoms with E-state index in [1.807, 2.05) is 0 Å². The van der Waals surface area contributed by atoms with E-state index in [0.717, 1.165) is 32.4 Å². The minimum Gasteiger partial charge on any atom is -0.381 e. The highest BCUT2D eigenvalue weighted by Crippen LogP contribution is 2.29. The fourth-order valence-electron chi connectivity index (χ4n) is 2.68. The van der Waals surface area contributed by atoms with E-state index in [0.29, 0.717) is 25.8 Å². The first-order valence-corrected chi connectivity index (χ1v) is 6.44. The molecule has 2 aliphatic heterocycles. The van der Waals surface area contributed by atoms with Crippen molar-refractivity contribution in [2.24, 2.45) is 11.1 Å². The molecule has 0 bridgehead atoms. The number of likely N-dealkylation sites (tertiary alicyclic amines) is 1. The number of nitrogens with one attached hydrogen (secondary N) is 1. The van der Waals surface area contributed by atoms with Crippen molar-refractivity contribution in [1.29, 1.82) is 0 Å². The average molecular weight is 241 g/mol. The van der Waals surface area contributed by atoms with Gasteiger partial charge in [-0.05, 0) is 32.9 Å². The molecule has 2 fully saturated rings. The van der Waals surface area contributed by atoms with Gasteiger partial charge in [-0.15, -0.1) is 0 Å². The van der Waals surface area contributed by atoms with Crippen molar-refractivity contribution in [1.82, 2.24) is 10.2 Å². The second-order valence-corrected chi connectivity index (χ2v) is 5.32. The predicted octanol–water partition coefficient (Wildman–Crippen LogP) is -0.438. The van der Waals surface area contributed by atoms with Gasteiger partial charge in [0.1, 0.15) is 0 Å². The minimum absolute atomic E-state index is 0.128. The van der Waals surface area contributed by atoms with E-state index in [-0.39, 0.29) is 11.3 Å². The molecule has 2 rings (SSSR count). The zero-order valence-electron chi connectivity index (χ0n) is 10.6. The molecule has 98 valence electrons. The van der Waals surface area contributed by atoms with Crippen LogP contribution in [0.15, 0.2) is 0 Å². The third-order valence-corrected chi connectivity index (χ3v) is 4.05. The van der Waals surface area contributed by atoms with E-state index in [1.54, 1.807) is 0 Å². The molecule has 2 saturated heterocycles. The SMILES string of the molecule is CN1CCC(NC(=O)C2(CN)CCOCC2)C1. The molecule has 2 aliphatic rings. The van der Waals surface area contributed by atoms with Gasteiger partial charge in [0.15, 0.2) is 0 Å². The van der Waals surface area contributed by atoms with E-state index in [2.05, 4.69) is 17.3 Å². The van der Waals surface area contributed by atoms with Crippen LogP contribution in [0.2, 0.25) is 0 Å². The maximum absolute atomic E-state index is 12.3. The summed E-state index contributed by atoms with van der Waals surface area (Å²) in [5, 5.41) is 3.15. The lowest BCUT2D eigenvalue weighted by Gasteiger charge is -2.35. The van der Waals surface area contributed by atoms with Crippen LogP contribution in [0.4, 0.5) is 0 Å². The molecule has 0 spiro atoms. The van der Waals surface area contributed by atoms with E-state index in [1.165, 1.54) is 0 Å². The number of ether oxygens (including phenoxy) is 1. The van der Waals surface area contributed by atoms with Crippen molar-refractivity contribution in [2.75, 3.05) is 39.9 Å². The Morgan fingerprint density at radius 3 is 2.76 bits per heavy atom. The molecule has 1 unspecified atom stereocenters. The summed E-state index contributed by atoms with van der Waals surface area (Å²) in [5.41, 5.74) is 5.42. The molecule has 0 aliphatic carbocycles. The van der Waals surface area contributed by atoms with Gasteiger partial charge < -0.3 is 20.7 Å². The summed E-state index contributed by atoms with van der Waals surface area (Å²) < 4.78 is 5.32. The van der Waals surface area contributed by atoms with Gasteiger partial charge in [-0.1, -0.05) is 0 Å². The normalized spacial score (nSPS) is 29.2. The van der Waals surface area contributed by atoms with Crippen LogP contribution in [-0.4, -0.2) is 56.7 Å².